The summed E-state index contributed by atoms with van der Waals surface area (Å²) in [5.74, 6) is -0.100. The quantitative estimate of drug-likeness (QED) is 0.371. The number of esters is 1. The van der Waals surface area contributed by atoms with Gasteiger partial charge in [0.15, 0.2) is 17.6 Å². The Balaban J connectivity index is 1.49. The fourth-order valence-electron chi connectivity index (χ4n) is 4.57. The number of anilines is 1. The fourth-order valence-corrected chi connectivity index (χ4v) is 4.57. The van der Waals surface area contributed by atoms with Crippen molar-refractivity contribution in [2.75, 3.05) is 18.5 Å². The van der Waals surface area contributed by atoms with Gasteiger partial charge in [-0.3, -0.25) is 9.59 Å². The minimum atomic E-state index is -1.08. The first-order valence-electron chi connectivity index (χ1n) is 12.5. The molecule has 1 aliphatic rings. The lowest BCUT2D eigenvalue weighted by Crippen LogP contribution is -2.34. The molecule has 1 aromatic heterocycles. The number of fused-ring (bicyclic) bond motifs is 2. The molecular weight excluding hydrogens is 484 g/mol. The van der Waals surface area contributed by atoms with E-state index in [4.69, 9.17) is 14.2 Å². The van der Waals surface area contributed by atoms with E-state index >= 15 is 0 Å². The summed E-state index contributed by atoms with van der Waals surface area (Å²) in [4.78, 5) is 39.9. The number of aryl methyl sites for hydroxylation is 1. The molecule has 0 bridgehead atoms. The third-order valence-electron chi connectivity index (χ3n) is 6.56. The number of pyridine rings is 1. The third kappa shape index (κ3) is 4.72. The van der Waals surface area contributed by atoms with Crippen LogP contribution in [0.4, 0.5) is 5.69 Å². The van der Waals surface area contributed by atoms with Gasteiger partial charge in [0.2, 0.25) is 0 Å². The molecule has 8 nitrogen and oxygen atoms in total. The van der Waals surface area contributed by atoms with Gasteiger partial charge in [-0.1, -0.05) is 55.0 Å². The predicted octanol–water partition coefficient (Wildman–Crippen LogP) is 4.86. The van der Waals surface area contributed by atoms with Crippen LogP contribution in [0.15, 0.2) is 71.5 Å². The summed E-state index contributed by atoms with van der Waals surface area (Å²) in [6.07, 6.45) is -0.841. The molecule has 0 radical (unpaired) electrons. The second kappa shape index (κ2) is 10.4. The highest BCUT2D eigenvalue weighted by atomic mass is 16.6. The van der Waals surface area contributed by atoms with E-state index in [1.165, 1.54) is 4.57 Å². The van der Waals surface area contributed by atoms with Crippen molar-refractivity contribution in [2.45, 2.75) is 26.4 Å². The summed E-state index contributed by atoms with van der Waals surface area (Å²) in [5.41, 5.74) is 2.67. The molecule has 3 aromatic carbocycles. The Morgan fingerprint density at radius 3 is 2.37 bits per heavy atom. The van der Waals surface area contributed by atoms with Crippen molar-refractivity contribution in [2.24, 2.45) is 7.05 Å². The molecule has 0 saturated carbocycles. The number of benzene rings is 3. The molecule has 38 heavy (non-hydrogen) atoms. The first-order chi connectivity index (χ1) is 18.4. The second-order valence-corrected chi connectivity index (χ2v) is 9.15. The Bertz CT molecular complexity index is 1590. The van der Waals surface area contributed by atoms with Gasteiger partial charge in [0.05, 0.1) is 0 Å². The van der Waals surface area contributed by atoms with Gasteiger partial charge in [-0.25, -0.2) is 4.79 Å². The van der Waals surface area contributed by atoms with Crippen LogP contribution in [0.2, 0.25) is 0 Å². The highest BCUT2D eigenvalue weighted by Crippen LogP contribution is 2.33. The molecule has 0 fully saturated rings. The van der Waals surface area contributed by atoms with Crippen molar-refractivity contribution >= 4 is 28.3 Å². The van der Waals surface area contributed by atoms with Crippen molar-refractivity contribution < 1.29 is 23.8 Å². The Hall–Kier alpha value is -4.59. The molecule has 0 aliphatic carbocycles. The summed E-state index contributed by atoms with van der Waals surface area (Å²) in [6, 6.07) is 19.9. The lowest BCUT2D eigenvalue weighted by Gasteiger charge is -2.21. The van der Waals surface area contributed by atoms with Crippen LogP contribution < -0.4 is 20.3 Å². The van der Waals surface area contributed by atoms with Crippen LogP contribution in [0, 0.1) is 6.92 Å². The molecule has 5 rings (SSSR count). The van der Waals surface area contributed by atoms with E-state index in [1.807, 2.05) is 43.3 Å². The molecule has 8 heteroatoms. The number of nitrogens with zero attached hydrogens (tertiary/aromatic N) is 1. The average Bonchev–Trinajstić information content (AvgIpc) is 2.93. The van der Waals surface area contributed by atoms with Crippen LogP contribution in [-0.2, 0) is 16.6 Å². The van der Waals surface area contributed by atoms with Crippen LogP contribution in [0.1, 0.15) is 29.4 Å². The van der Waals surface area contributed by atoms with E-state index in [0.717, 1.165) is 11.1 Å². The molecule has 0 spiro atoms. The Morgan fingerprint density at radius 2 is 1.66 bits per heavy atom. The zero-order valence-corrected chi connectivity index (χ0v) is 21.4. The largest absolute Gasteiger partial charge is 0.486 e. The SMILES string of the molecule is CCC(OC(=O)c1c(-c2ccc(C)cc2)c2ccccc2c(=O)n1C)C(=O)Nc1ccc2c(c1)OCCO2. The first kappa shape index (κ1) is 25.1. The fraction of sp³-hybridized carbons (Fsp3) is 0.233. The van der Waals surface area contributed by atoms with Gasteiger partial charge in [-0.2, -0.15) is 0 Å². The molecule has 0 saturated heterocycles. The van der Waals surface area contributed by atoms with Gasteiger partial charge in [-0.05, 0) is 42.5 Å². The lowest BCUT2D eigenvalue weighted by atomic mass is 9.96. The zero-order chi connectivity index (χ0) is 26.8. The highest BCUT2D eigenvalue weighted by Gasteiger charge is 2.28. The molecule has 1 N–H and O–H groups in total. The van der Waals surface area contributed by atoms with Crippen molar-refractivity contribution in [3.8, 4) is 22.6 Å². The number of hydrogen-bond acceptors (Lipinski definition) is 6. The zero-order valence-electron chi connectivity index (χ0n) is 21.4. The predicted molar refractivity (Wildman–Crippen MR) is 145 cm³/mol. The Kier molecular flexibility index (Phi) is 6.87. The van der Waals surface area contributed by atoms with E-state index in [1.54, 1.807) is 44.3 Å². The van der Waals surface area contributed by atoms with E-state index < -0.39 is 18.0 Å². The smallest absolute Gasteiger partial charge is 0.356 e. The molecule has 1 aliphatic heterocycles. The topological polar surface area (TPSA) is 95.9 Å². The third-order valence-corrected chi connectivity index (χ3v) is 6.56. The Morgan fingerprint density at radius 1 is 0.974 bits per heavy atom. The van der Waals surface area contributed by atoms with Gasteiger partial charge in [-0.15, -0.1) is 0 Å². The summed E-state index contributed by atoms with van der Waals surface area (Å²) in [6.45, 7) is 4.62. The number of amides is 1. The summed E-state index contributed by atoms with van der Waals surface area (Å²) >= 11 is 0. The molecule has 194 valence electrons. The maximum Gasteiger partial charge on any atom is 0.356 e. The maximum absolute atomic E-state index is 13.6. The van der Waals surface area contributed by atoms with Gasteiger partial charge >= 0.3 is 5.97 Å². The van der Waals surface area contributed by atoms with E-state index in [0.29, 0.717) is 46.7 Å². The standard InChI is InChI=1S/C30H28N2O6/c1-4-23(28(33)31-20-13-14-24-25(17-20)37-16-15-36-24)38-30(35)27-26(19-11-9-18(2)10-12-19)21-7-5-6-8-22(21)29(34)32(27)3/h5-14,17,23H,4,15-16H2,1-3H3,(H,31,33). The average molecular weight is 513 g/mol. The molecule has 4 aromatic rings. The molecule has 1 amide bonds. The minimum absolute atomic E-state index is 0.0862. The molecule has 1 atom stereocenters. The van der Waals surface area contributed by atoms with Crippen LogP contribution >= 0.6 is 0 Å². The van der Waals surface area contributed by atoms with Gasteiger partial charge in [0, 0.05) is 29.8 Å². The van der Waals surface area contributed by atoms with Crippen molar-refractivity contribution in [1.29, 1.82) is 0 Å². The maximum atomic E-state index is 13.6. The van der Waals surface area contributed by atoms with Crippen LogP contribution in [0.5, 0.6) is 11.5 Å². The number of rotatable bonds is 6. The minimum Gasteiger partial charge on any atom is -0.486 e. The number of carbonyl (C=O) groups excluding carboxylic acids is 2. The number of nitrogens with one attached hydrogen (secondary N) is 1. The van der Waals surface area contributed by atoms with E-state index in [2.05, 4.69) is 5.32 Å². The normalized spacial score (nSPS) is 13.1. The summed E-state index contributed by atoms with van der Waals surface area (Å²) in [5, 5.41) is 3.92. The van der Waals surface area contributed by atoms with Gasteiger partial charge in [0.1, 0.15) is 18.9 Å². The van der Waals surface area contributed by atoms with Crippen LogP contribution in [0.25, 0.3) is 21.9 Å². The van der Waals surface area contributed by atoms with Crippen LogP contribution in [-0.4, -0.2) is 35.8 Å². The monoisotopic (exact) mass is 512 g/mol. The van der Waals surface area contributed by atoms with Gasteiger partial charge < -0.3 is 24.1 Å². The first-order valence-corrected chi connectivity index (χ1v) is 12.5. The lowest BCUT2D eigenvalue weighted by molar-refractivity contribution is -0.124. The summed E-state index contributed by atoms with van der Waals surface area (Å²) < 4.78 is 18.1. The van der Waals surface area contributed by atoms with E-state index in [-0.39, 0.29) is 17.7 Å². The molecular formula is C30H28N2O6. The van der Waals surface area contributed by atoms with Crippen molar-refractivity contribution in [3.63, 3.8) is 0 Å². The van der Waals surface area contributed by atoms with Crippen molar-refractivity contribution in [1.82, 2.24) is 4.57 Å². The number of carbonyl (C=O) groups is 2. The number of aromatic nitrogens is 1. The summed E-state index contributed by atoms with van der Waals surface area (Å²) in [7, 11) is 1.54. The van der Waals surface area contributed by atoms with Crippen molar-refractivity contribution in [3.05, 3.63) is 88.3 Å². The van der Waals surface area contributed by atoms with Crippen LogP contribution in [0.3, 0.4) is 0 Å². The number of ether oxygens (including phenoxy) is 3. The molecule has 1 unspecified atom stereocenters. The second-order valence-electron chi connectivity index (χ2n) is 9.15. The van der Waals surface area contributed by atoms with Gasteiger partial charge in [0.25, 0.3) is 11.5 Å². The number of hydrogen-bond donors (Lipinski definition) is 1. The Labute approximate surface area is 219 Å². The highest BCUT2D eigenvalue weighted by molar-refractivity contribution is 6.07. The molecule has 2 heterocycles. The van der Waals surface area contributed by atoms with E-state index in [9.17, 15) is 14.4 Å².